The molecule has 0 radical (unpaired) electrons. The minimum Gasteiger partial charge on any atom is -0.303 e. The van der Waals surface area contributed by atoms with Crippen molar-refractivity contribution in [2.75, 3.05) is 11.4 Å². The monoisotopic (exact) mass is 329 g/mol. The molecule has 0 saturated heterocycles. The van der Waals surface area contributed by atoms with E-state index < -0.39 is 5.38 Å². The smallest absolute Gasteiger partial charge is 0.245 e. The Labute approximate surface area is 141 Å². The van der Waals surface area contributed by atoms with Crippen molar-refractivity contribution < 1.29 is 9.59 Å². The third kappa shape index (κ3) is 4.20. The summed E-state index contributed by atoms with van der Waals surface area (Å²) in [6.07, 6.45) is 0.774. The predicted octanol–water partition coefficient (Wildman–Crippen LogP) is 4.09. The minimum atomic E-state index is -0.691. The Morgan fingerprint density at radius 2 is 1.65 bits per heavy atom. The van der Waals surface area contributed by atoms with E-state index in [1.807, 2.05) is 49.4 Å². The molecule has 0 heterocycles. The number of benzene rings is 2. The molecule has 2 rings (SSSR count). The van der Waals surface area contributed by atoms with Gasteiger partial charge in [0.2, 0.25) is 5.91 Å². The normalized spacial score (nSPS) is 11.8. The third-order valence-electron chi connectivity index (χ3n) is 3.67. The van der Waals surface area contributed by atoms with Gasteiger partial charge in [0, 0.05) is 11.3 Å². The molecule has 4 heteroatoms. The number of aryl methyl sites for hydroxylation is 1. The van der Waals surface area contributed by atoms with Crippen LogP contribution in [-0.2, 0) is 11.2 Å². The number of nitrogens with zero attached hydrogens (tertiary/aromatic N) is 1. The molecule has 0 saturated carbocycles. The summed E-state index contributed by atoms with van der Waals surface area (Å²) in [7, 11) is 0. The lowest BCUT2D eigenvalue weighted by Crippen LogP contribution is -2.40. The Morgan fingerprint density at radius 3 is 2.26 bits per heavy atom. The Hall–Kier alpha value is -2.13. The second-order valence-corrected chi connectivity index (χ2v) is 5.97. The van der Waals surface area contributed by atoms with Crippen LogP contribution in [0.2, 0.25) is 0 Å². The highest BCUT2D eigenvalue weighted by Gasteiger charge is 2.24. The molecule has 1 atom stereocenters. The number of hydrogen-bond acceptors (Lipinski definition) is 2. The van der Waals surface area contributed by atoms with E-state index in [1.54, 1.807) is 19.1 Å². The maximum absolute atomic E-state index is 12.5. The molecule has 1 amide bonds. The summed E-state index contributed by atoms with van der Waals surface area (Å²) in [5.41, 5.74) is 2.34. The number of rotatable bonds is 6. The number of anilines is 1. The van der Waals surface area contributed by atoms with E-state index in [0.717, 1.165) is 17.7 Å². The second-order valence-electron chi connectivity index (χ2n) is 5.31. The highest BCUT2D eigenvalue weighted by molar-refractivity contribution is 6.33. The molecule has 0 bridgehead atoms. The molecule has 3 nitrogen and oxygen atoms in total. The van der Waals surface area contributed by atoms with Crippen LogP contribution in [0.4, 0.5) is 5.69 Å². The topological polar surface area (TPSA) is 37.4 Å². The molecule has 2 aromatic rings. The lowest BCUT2D eigenvalue weighted by molar-refractivity contribution is -0.117. The molecule has 1 unspecified atom stereocenters. The highest BCUT2D eigenvalue weighted by Crippen LogP contribution is 2.23. The van der Waals surface area contributed by atoms with Gasteiger partial charge in [0.1, 0.15) is 5.38 Å². The van der Waals surface area contributed by atoms with Gasteiger partial charge in [-0.15, -0.1) is 11.6 Å². The standard InChI is InChI=1S/C19H20ClNO2/c1-3-15-9-7-8-12-17(15)21(19(23)14(2)20)13-18(22)16-10-5-4-6-11-16/h4-12,14H,3,13H2,1-2H3. The largest absolute Gasteiger partial charge is 0.303 e. The predicted molar refractivity (Wildman–Crippen MR) is 94.3 cm³/mol. The summed E-state index contributed by atoms with van der Waals surface area (Å²) in [5.74, 6) is -0.376. The van der Waals surface area contributed by atoms with Crippen LogP contribution in [-0.4, -0.2) is 23.6 Å². The number of amides is 1. The quantitative estimate of drug-likeness (QED) is 0.591. The van der Waals surface area contributed by atoms with Crippen molar-refractivity contribution in [1.82, 2.24) is 0 Å². The van der Waals surface area contributed by atoms with Gasteiger partial charge in [-0.25, -0.2) is 0 Å². The number of alkyl halides is 1. The van der Waals surface area contributed by atoms with Crippen molar-refractivity contribution in [2.45, 2.75) is 25.6 Å². The number of hydrogen-bond donors (Lipinski definition) is 0. The zero-order valence-electron chi connectivity index (χ0n) is 13.3. The molecule has 120 valence electrons. The molecule has 2 aromatic carbocycles. The number of ketones is 1. The van der Waals surface area contributed by atoms with Crippen molar-refractivity contribution in [1.29, 1.82) is 0 Å². The van der Waals surface area contributed by atoms with Crippen molar-refractivity contribution in [3.63, 3.8) is 0 Å². The zero-order valence-corrected chi connectivity index (χ0v) is 14.1. The Kier molecular flexibility index (Phi) is 5.94. The van der Waals surface area contributed by atoms with Crippen LogP contribution in [0.25, 0.3) is 0 Å². The van der Waals surface area contributed by atoms with Gasteiger partial charge in [-0.3, -0.25) is 9.59 Å². The molecule has 0 N–H and O–H groups in total. The number of para-hydroxylation sites is 1. The molecule has 0 fully saturated rings. The fourth-order valence-electron chi connectivity index (χ4n) is 2.43. The number of Topliss-reactive ketones (excluding diaryl/α,β-unsaturated/α-hetero) is 1. The van der Waals surface area contributed by atoms with Gasteiger partial charge in [-0.1, -0.05) is 55.5 Å². The molecular formula is C19H20ClNO2. The summed E-state index contributed by atoms with van der Waals surface area (Å²) >= 11 is 6.00. The molecule has 0 aromatic heterocycles. The van der Waals surface area contributed by atoms with Crippen molar-refractivity contribution >= 4 is 29.0 Å². The summed E-state index contributed by atoms with van der Waals surface area (Å²) in [6.45, 7) is 3.62. The molecule has 0 aliphatic heterocycles. The van der Waals surface area contributed by atoms with Crippen molar-refractivity contribution in [3.05, 3.63) is 65.7 Å². The first-order valence-electron chi connectivity index (χ1n) is 7.66. The Balaban J connectivity index is 2.35. The number of halogens is 1. The van der Waals surface area contributed by atoms with E-state index in [-0.39, 0.29) is 18.2 Å². The zero-order chi connectivity index (χ0) is 16.8. The summed E-state index contributed by atoms with van der Waals surface area (Å²) in [5, 5.41) is -0.691. The van der Waals surface area contributed by atoms with Gasteiger partial charge in [0.15, 0.2) is 5.78 Å². The SMILES string of the molecule is CCc1ccccc1N(CC(=O)c1ccccc1)C(=O)C(C)Cl. The van der Waals surface area contributed by atoms with Gasteiger partial charge in [0.25, 0.3) is 0 Å². The fraction of sp³-hybridized carbons (Fsp3) is 0.263. The molecule has 0 aliphatic rings. The van der Waals surface area contributed by atoms with E-state index in [2.05, 4.69) is 0 Å². The molecule has 0 spiro atoms. The van der Waals surface area contributed by atoms with E-state index in [1.165, 1.54) is 4.90 Å². The molecular weight excluding hydrogens is 310 g/mol. The van der Waals surface area contributed by atoms with Crippen LogP contribution in [0.3, 0.4) is 0 Å². The first kappa shape index (κ1) is 17.2. The van der Waals surface area contributed by atoms with Gasteiger partial charge in [-0.05, 0) is 25.0 Å². The van der Waals surface area contributed by atoms with Crippen molar-refractivity contribution in [2.24, 2.45) is 0 Å². The maximum Gasteiger partial charge on any atom is 0.245 e. The van der Waals surface area contributed by atoms with Crippen LogP contribution in [0.15, 0.2) is 54.6 Å². The van der Waals surface area contributed by atoms with E-state index in [9.17, 15) is 9.59 Å². The first-order valence-corrected chi connectivity index (χ1v) is 8.09. The van der Waals surface area contributed by atoms with Crippen LogP contribution >= 0.6 is 11.6 Å². The van der Waals surface area contributed by atoms with E-state index in [4.69, 9.17) is 11.6 Å². The van der Waals surface area contributed by atoms with E-state index >= 15 is 0 Å². The minimum absolute atomic E-state index is 0.0169. The Morgan fingerprint density at radius 1 is 1.04 bits per heavy atom. The maximum atomic E-state index is 12.5. The van der Waals surface area contributed by atoms with E-state index in [0.29, 0.717) is 5.56 Å². The van der Waals surface area contributed by atoms with Gasteiger partial charge in [0.05, 0.1) is 6.54 Å². The molecule has 23 heavy (non-hydrogen) atoms. The Bertz CT molecular complexity index is 683. The second kappa shape index (κ2) is 7.93. The van der Waals surface area contributed by atoms with Gasteiger partial charge < -0.3 is 4.90 Å². The summed E-state index contributed by atoms with van der Waals surface area (Å²) in [4.78, 5) is 26.5. The number of carbonyl (C=O) groups excluding carboxylic acids is 2. The fourth-order valence-corrected chi connectivity index (χ4v) is 2.55. The lowest BCUT2D eigenvalue weighted by atomic mass is 10.1. The van der Waals surface area contributed by atoms with Crippen LogP contribution in [0, 0.1) is 0 Å². The van der Waals surface area contributed by atoms with Gasteiger partial charge >= 0.3 is 0 Å². The molecule has 0 aliphatic carbocycles. The average Bonchev–Trinajstić information content (AvgIpc) is 2.59. The number of carbonyl (C=O) groups is 2. The van der Waals surface area contributed by atoms with Gasteiger partial charge in [-0.2, -0.15) is 0 Å². The first-order chi connectivity index (χ1) is 11.0. The highest BCUT2D eigenvalue weighted by atomic mass is 35.5. The van der Waals surface area contributed by atoms with Crippen molar-refractivity contribution in [3.8, 4) is 0 Å². The van der Waals surface area contributed by atoms with Crippen LogP contribution < -0.4 is 4.90 Å². The van der Waals surface area contributed by atoms with Crippen LogP contribution in [0.5, 0.6) is 0 Å². The third-order valence-corrected chi connectivity index (χ3v) is 3.85. The lowest BCUT2D eigenvalue weighted by Gasteiger charge is -2.25. The van der Waals surface area contributed by atoms with Crippen LogP contribution in [0.1, 0.15) is 29.8 Å². The summed E-state index contributed by atoms with van der Waals surface area (Å²) < 4.78 is 0. The average molecular weight is 330 g/mol. The summed E-state index contributed by atoms with van der Waals surface area (Å²) in [6, 6.07) is 16.6.